The largest absolute Gasteiger partial charge is 0.495 e. The quantitative estimate of drug-likeness (QED) is 0.869. The van der Waals surface area contributed by atoms with E-state index in [-0.39, 0.29) is 11.3 Å². The van der Waals surface area contributed by atoms with Crippen molar-refractivity contribution < 1.29 is 9.53 Å². The first-order chi connectivity index (χ1) is 9.34. The zero-order valence-corrected chi connectivity index (χ0v) is 13.5. The number of hydrazone groups is 1. The van der Waals surface area contributed by atoms with Crippen LogP contribution in [0.25, 0.3) is 0 Å². The maximum atomic E-state index is 11.9. The highest BCUT2D eigenvalue weighted by Crippen LogP contribution is 2.39. The van der Waals surface area contributed by atoms with E-state index in [1.54, 1.807) is 7.11 Å². The van der Waals surface area contributed by atoms with Crippen LogP contribution in [0.2, 0.25) is 0 Å². The molecule has 0 fully saturated rings. The second kappa shape index (κ2) is 5.44. The minimum absolute atomic E-state index is 0.0941. The Labute approximate surface area is 126 Å². The maximum absolute atomic E-state index is 11.9. The molecule has 5 nitrogen and oxygen atoms in total. The molecule has 1 atom stereocenters. The molecule has 0 bridgehead atoms. The normalized spacial score (nSPS) is 18.4. The van der Waals surface area contributed by atoms with Crippen molar-refractivity contribution in [3.8, 4) is 5.75 Å². The predicted octanol–water partition coefficient (Wildman–Crippen LogP) is 2.46. The van der Waals surface area contributed by atoms with Crippen LogP contribution < -0.4 is 15.5 Å². The van der Waals surface area contributed by atoms with Crippen LogP contribution in [0.15, 0.2) is 21.7 Å². The van der Waals surface area contributed by atoms with E-state index in [0.29, 0.717) is 0 Å². The average molecular weight is 340 g/mol. The lowest BCUT2D eigenvalue weighted by molar-refractivity contribution is -0.123. The highest BCUT2D eigenvalue weighted by atomic mass is 79.9. The van der Waals surface area contributed by atoms with Crippen LogP contribution in [-0.4, -0.2) is 19.4 Å². The first-order valence-electron chi connectivity index (χ1n) is 6.30. The molecule has 0 spiro atoms. The van der Waals surface area contributed by atoms with Gasteiger partial charge in [-0.05, 0) is 39.0 Å². The number of halogens is 1. The van der Waals surface area contributed by atoms with Gasteiger partial charge in [0.15, 0.2) is 0 Å². The summed E-state index contributed by atoms with van der Waals surface area (Å²) in [5.41, 5.74) is 4.27. The Morgan fingerprint density at radius 2 is 2.05 bits per heavy atom. The van der Waals surface area contributed by atoms with Crippen LogP contribution >= 0.6 is 15.9 Å². The second-order valence-electron chi connectivity index (χ2n) is 5.67. The van der Waals surface area contributed by atoms with Crippen molar-refractivity contribution in [1.82, 2.24) is 10.7 Å². The van der Waals surface area contributed by atoms with Gasteiger partial charge in [0.25, 0.3) is 5.91 Å². The minimum atomic E-state index is -0.448. The molecule has 6 heteroatoms. The van der Waals surface area contributed by atoms with Crippen molar-refractivity contribution in [1.29, 1.82) is 0 Å². The Balaban J connectivity index is 2.53. The lowest BCUT2D eigenvalue weighted by atomic mass is 9.84. The topological polar surface area (TPSA) is 62.7 Å². The van der Waals surface area contributed by atoms with Crippen molar-refractivity contribution in [2.45, 2.75) is 32.2 Å². The lowest BCUT2D eigenvalue weighted by Crippen LogP contribution is -2.39. The Bertz CT molecular complexity index is 564. The van der Waals surface area contributed by atoms with Gasteiger partial charge in [0.05, 0.1) is 11.6 Å². The van der Waals surface area contributed by atoms with Crippen LogP contribution in [0.3, 0.4) is 0 Å². The van der Waals surface area contributed by atoms with E-state index in [4.69, 9.17) is 4.74 Å². The third kappa shape index (κ3) is 2.80. The number of rotatable bonds is 2. The first kappa shape index (κ1) is 14.8. The molecule has 0 aliphatic carbocycles. The molecule has 2 N–H and O–H groups in total. The summed E-state index contributed by atoms with van der Waals surface area (Å²) in [7, 11) is 1.65. The number of nitrogens with one attached hydrogen (secondary N) is 2. The fourth-order valence-electron chi connectivity index (χ4n) is 2.14. The van der Waals surface area contributed by atoms with Crippen molar-refractivity contribution >= 4 is 28.2 Å². The number of carbonyl (C=O) groups is 1. The molecule has 1 unspecified atom stereocenters. The Kier molecular flexibility index (Phi) is 4.04. The van der Waals surface area contributed by atoms with Gasteiger partial charge in [-0.1, -0.05) is 20.8 Å². The van der Waals surface area contributed by atoms with Crippen molar-refractivity contribution in [3.05, 3.63) is 27.7 Å². The van der Waals surface area contributed by atoms with Gasteiger partial charge in [-0.25, -0.2) is 5.43 Å². The van der Waals surface area contributed by atoms with Crippen molar-refractivity contribution in [2.75, 3.05) is 7.11 Å². The Morgan fingerprint density at radius 1 is 1.35 bits per heavy atom. The van der Waals surface area contributed by atoms with Gasteiger partial charge in [-0.2, -0.15) is 5.10 Å². The number of benzene rings is 1. The Morgan fingerprint density at radius 3 is 2.60 bits per heavy atom. The highest BCUT2D eigenvalue weighted by molar-refractivity contribution is 9.10. The summed E-state index contributed by atoms with van der Waals surface area (Å²) in [6, 6.07) is 3.45. The summed E-state index contributed by atoms with van der Waals surface area (Å²) in [5, 5.41) is 6.65. The molecular formula is C14H18BrN3O2. The first-order valence-corrected chi connectivity index (χ1v) is 7.09. The van der Waals surface area contributed by atoms with Crippen LogP contribution in [-0.2, 0) is 10.2 Å². The van der Waals surface area contributed by atoms with Crippen molar-refractivity contribution in [3.63, 3.8) is 0 Å². The molecule has 1 amide bonds. The van der Waals surface area contributed by atoms with E-state index >= 15 is 0 Å². The SMILES string of the molecule is COc1c(Br)cc(C2NC=NNC2=O)cc1C(C)(C)C. The molecule has 0 saturated heterocycles. The third-order valence-corrected chi connectivity index (χ3v) is 3.74. The van der Waals surface area contributed by atoms with E-state index in [1.807, 2.05) is 12.1 Å². The maximum Gasteiger partial charge on any atom is 0.267 e. The predicted molar refractivity (Wildman–Crippen MR) is 81.9 cm³/mol. The standard InChI is InChI=1S/C14H18BrN3O2/c1-14(2,3)9-5-8(6-10(15)12(9)20-4)11-13(19)18-17-7-16-11/h5-7,11H,1-4H3,(H,16,17)(H,18,19). The van der Waals surface area contributed by atoms with Gasteiger partial charge in [0.1, 0.15) is 18.1 Å². The summed E-state index contributed by atoms with van der Waals surface area (Å²) in [6.07, 6.45) is 1.49. The minimum Gasteiger partial charge on any atom is -0.495 e. The zero-order chi connectivity index (χ0) is 14.9. The fourth-order valence-corrected chi connectivity index (χ4v) is 2.78. The summed E-state index contributed by atoms with van der Waals surface area (Å²) in [6.45, 7) is 6.32. The average Bonchev–Trinajstić information content (AvgIpc) is 2.37. The van der Waals surface area contributed by atoms with Crippen LogP contribution in [0.1, 0.15) is 37.9 Å². The van der Waals surface area contributed by atoms with Crippen molar-refractivity contribution in [2.24, 2.45) is 5.10 Å². The summed E-state index contributed by atoms with van der Waals surface area (Å²) < 4.78 is 6.31. The number of ether oxygens (including phenoxy) is 1. The highest BCUT2D eigenvalue weighted by Gasteiger charge is 2.27. The summed E-state index contributed by atoms with van der Waals surface area (Å²) >= 11 is 3.52. The molecule has 1 heterocycles. The number of carbonyl (C=O) groups excluding carboxylic acids is 1. The molecule has 0 radical (unpaired) electrons. The summed E-state index contributed by atoms with van der Waals surface area (Å²) in [4.78, 5) is 11.9. The number of amides is 1. The molecule has 1 aromatic rings. The van der Waals surface area contributed by atoms with Gasteiger partial charge in [0.2, 0.25) is 0 Å². The van der Waals surface area contributed by atoms with E-state index < -0.39 is 6.04 Å². The zero-order valence-electron chi connectivity index (χ0n) is 12.0. The molecule has 1 aliphatic rings. The van der Waals surface area contributed by atoms with E-state index in [9.17, 15) is 4.79 Å². The molecule has 0 aromatic heterocycles. The van der Waals surface area contributed by atoms with Gasteiger partial charge in [-0.3, -0.25) is 4.79 Å². The van der Waals surface area contributed by atoms with Gasteiger partial charge >= 0.3 is 0 Å². The smallest absolute Gasteiger partial charge is 0.267 e. The second-order valence-corrected chi connectivity index (χ2v) is 6.52. The molecule has 108 valence electrons. The molecule has 1 aliphatic heterocycles. The molecule has 0 saturated carbocycles. The number of hydrogen-bond acceptors (Lipinski definition) is 4. The molecular weight excluding hydrogens is 322 g/mol. The van der Waals surface area contributed by atoms with E-state index in [1.165, 1.54) is 6.34 Å². The van der Waals surface area contributed by atoms with Crippen LogP contribution in [0.5, 0.6) is 5.75 Å². The Hall–Kier alpha value is -1.56. The lowest BCUT2D eigenvalue weighted by Gasteiger charge is -2.26. The van der Waals surface area contributed by atoms with E-state index in [2.05, 4.69) is 52.5 Å². The molecule has 1 aromatic carbocycles. The molecule has 2 rings (SSSR count). The van der Waals surface area contributed by atoms with Crippen LogP contribution in [0, 0.1) is 0 Å². The monoisotopic (exact) mass is 339 g/mol. The number of hydrogen-bond donors (Lipinski definition) is 2. The fraction of sp³-hybridized carbons (Fsp3) is 0.429. The summed E-state index contributed by atoms with van der Waals surface area (Å²) in [5.74, 6) is 0.621. The third-order valence-electron chi connectivity index (χ3n) is 3.15. The number of nitrogens with zero attached hydrogens (tertiary/aromatic N) is 1. The van der Waals surface area contributed by atoms with Gasteiger partial charge in [-0.15, -0.1) is 0 Å². The number of methoxy groups -OCH3 is 1. The van der Waals surface area contributed by atoms with Gasteiger partial charge in [0, 0.05) is 5.56 Å². The van der Waals surface area contributed by atoms with Crippen LogP contribution in [0.4, 0.5) is 0 Å². The van der Waals surface area contributed by atoms with Gasteiger partial charge < -0.3 is 10.1 Å². The van der Waals surface area contributed by atoms with E-state index in [0.717, 1.165) is 21.3 Å². The molecule has 20 heavy (non-hydrogen) atoms.